The highest BCUT2D eigenvalue weighted by Gasteiger charge is 2.17. The summed E-state index contributed by atoms with van der Waals surface area (Å²) in [5.41, 5.74) is 7.65. The van der Waals surface area contributed by atoms with Gasteiger partial charge in [-0.15, -0.1) is 0 Å². The fourth-order valence-electron chi connectivity index (χ4n) is 3.51. The third-order valence-electron chi connectivity index (χ3n) is 5.55. The molecule has 0 aromatic heterocycles. The minimum absolute atomic E-state index is 0.120. The summed E-state index contributed by atoms with van der Waals surface area (Å²) in [6, 6.07) is 21.0. The van der Waals surface area contributed by atoms with Crippen molar-refractivity contribution in [1.82, 2.24) is 5.48 Å². The average molecular weight is 505 g/mol. The molecule has 3 aromatic carbocycles. The average Bonchev–Trinajstić information content (AvgIpc) is 2.91. The quantitative estimate of drug-likeness (QED) is 0.183. The number of hydrogen-bond acceptors (Lipinski definition) is 4. The van der Waals surface area contributed by atoms with Gasteiger partial charge in [-0.3, -0.25) is 10.1 Å². The summed E-state index contributed by atoms with van der Waals surface area (Å²) in [5.74, 6) is 2.33. The molecule has 0 unspecified atom stereocenters. The first kappa shape index (κ1) is 28.6. The minimum atomic E-state index is 0.120. The SMILES string of the molecule is C=C(/C(C)=C/c1ccc(OCC)c(C)c1C)N(C(=S)NO)c1ccc(Oc2ccccc2)cc1.CC. The molecule has 0 spiro atoms. The number of nitrogens with zero attached hydrogens (tertiary/aromatic N) is 1. The number of allylic oxidation sites excluding steroid dienone is 1. The third-order valence-corrected chi connectivity index (χ3v) is 5.82. The fraction of sp³-hybridized carbons (Fsp3) is 0.233. The first-order valence-electron chi connectivity index (χ1n) is 12.0. The van der Waals surface area contributed by atoms with Crippen molar-refractivity contribution in [1.29, 1.82) is 0 Å². The molecule has 0 aliphatic heterocycles. The Morgan fingerprint density at radius 3 is 2.17 bits per heavy atom. The summed E-state index contributed by atoms with van der Waals surface area (Å²) in [5, 5.41) is 9.69. The first-order valence-corrected chi connectivity index (χ1v) is 12.4. The largest absolute Gasteiger partial charge is 0.494 e. The maximum Gasteiger partial charge on any atom is 0.202 e. The van der Waals surface area contributed by atoms with Gasteiger partial charge in [-0.1, -0.05) is 44.7 Å². The molecule has 6 heteroatoms. The molecule has 3 aromatic rings. The first-order chi connectivity index (χ1) is 17.3. The Morgan fingerprint density at radius 1 is 0.972 bits per heavy atom. The van der Waals surface area contributed by atoms with Crippen molar-refractivity contribution < 1.29 is 14.7 Å². The van der Waals surface area contributed by atoms with Crippen LogP contribution in [0.4, 0.5) is 5.69 Å². The summed E-state index contributed by atoms with van der Waals surface area (Å²) in [4.78, 5) is 1.68. The van der Waals surface area contributed by atoms with Crippen molar-refractivity contribution >= 4 is 29.1 Å². The van der Waals surface area contributed by atoms with Crippen LogP contribution >= 0.6 is 12.2 Å². The zero-order valence-electron chi connectivity index (χ0n) is 22.0. The van der Waals surface area contributed by atoms with Crippen molar-refractivity contribution in [3.63, 3.8) is 0 Å². The Balaban J connectivity index is 0.00000222. The Kier molecular flexibility index (Phi) is 11.2. The molecule has 0 heterocycles. The second kappa shape index (κ2) is 14.1. The summed E-state index contributed by atoms with van der Waals surface area (Å²) in [7, 11) is 0. The van der Waals surface area contributed by atoms with Crippen molar-refractivity contribution in [2.45, 2.75) is 41.5 Å². The number of anilines is 1. The number of nitrogens with one attached hydrogen (secondary N) is 1. The summed E-state index contributed by atoms with van der Waals surface area (Å²) in [6.45, 7) is 16.9. The van der Waals surface area contributed by atoms with Gasteiger partial charge in [0.15, 0.2) is 0 Å². The standard InChI is InChI=1S/C28H30N2O3S.C2H6/c1-6-32-27-17-12-23(20(3)21(27)4)18-19(2)22(5)30(28(34)29-31)24-13-15-26(16-14-24)33-25-10-8-7-9-11-25;1-2/h7-18,31H,5-6H2,1-4H3,(H,29,34);1-2H3/b19-18+;. The van der Waals surface area contributed by atoms with E-state index in [-0.39, 0.29) is 5.11 Å². The molecule has 0 amide bonds. The van der Waals surface area contributed by atoms with Crippen LogP contribution in [0.5, 0.6) is 17.2 Å². The molecule has 0 saturated heterocycles. The highest BCUT2D eigenvalue weighted by Crippen LogP contribution is 2.30. The lowest BCUT2D eigenvalue weighted by Gasteiger charge is -2.27. The van der Waals surface area contributed by atoms with Crippen molar-refractivity contribution in [2.75, 3.05) is 11.5 Å². The van der Waals surface area contributed by atoms with E-state index in [1.54, 1.807) is 4.90 Å². The Morgan fingerprint density at radius 2 is 1.58 bits per heavy atom. The molecule has 2 N–H and O–H groups in total. The Hall–Kier alpha value is -3.61. The number of rotatable bonds is 8. The van der Waals surface area contributed by atoms with Gasteiger partial charge in [0.2, 0.25) is 5.11 Å². The summed E-state index contributed by atoms with van der Waals surface area (Å²) < 4.78 is 11.6. The van der Waals surface area contributed by atoms with Gasteiger partial charge in [0.05, 0.1) is 6.61 Å². The van der Waals surface area contributed by atoms with E-state index in [1.807, 2.05) is 94.4 Å². The van der Waals surface area contributed by atoms with E-state index in [1.165, 1.54) is 0 Å². The van der Waals surface area contributed by atoms with Gasteiger partial charge in [-0.2, -0.15) is 0 Å². The van der Waals surface area contributed by atoms with Crippen LogP contribution in [0.15, 0.2) is 84.6 Å². The normalized spacial score (nSPS) is 10.6. The molecule has 0 aliphatic carbocycles. The predicted molar refractivity (Wildman–Crippen MR) is 154 cm³/mol. The maximum atomic E-state index is 9.57. The Bertz CT molecular complexity index is 1190. The minimum Gasteiger partial charge on any atom is -0.494 e. The highest BCUT2D eigenvalue weighted by molar-refractivity contribution is 7.80. The van der Waals surface area contributed by atoms with E-state index in [0.29, 0.717) is 18.1 Å². The van der Waals surface area contributed by atoms with Gasteiger partial charge < -0.3 is 9.47 Å². The van der Waals surface area contributed by atoms with E-state index < -0.39 is 0 Å². The van der Waals surface area contributed by atoms with E-state index in [9.17, 15) is 5.21 Å². The number of hydroxylamine groups is 1. The highest BCUT2D eigenvalue weighted by atomic mass is 32.1. The molecule has 0 radical (unpaired) electrons. The lowest BCUT2D eigenvalue weighted by atomic mass is 9.99. The van der Waals surface area contributed by atoms with Gasteiger partial charge in [-0.25, -0.2) is 5.48 Å². The topological polar surface area (TPSA) is 54.0 Å². The molecule has 3 rings (SSSR count). The maximum absolute atomic E-state index is 9.57. The summed E-state index contributed by atoms with van der Waals surface area (Å²) in [6.07, 6.45) is 2.06. The zero-order valence-corrected chi connectivity index (χ0v) is 22.8. The van der Waals surface area contributed by atoms with Gasteiger partial charge in [0.25, 0.3) is 0 Å². The van der Waals surface area contributed by atoms with Crippen LogP contribution in [0.2, 0.25) is 0 Å². The van der Waals surface area contributed by atoms with Crippen LogP contribution in [0, 0.1) is 13.8 Å². The Labute approximate surface area is 220 Å². The van der Waals surface area contributed by atoms with Crippen LogP contribution in [0.1, 0.15) is 44.4 Å². The molecule has 0 aliphatic rings. The van der Waals surface area contributed by atoms with Crippen LogP contribution < -0.4 is 19.9 Å². The monoisotopic (exact) mass is 504 g/mol. The molecule has 36 heavy (non-hydrogen) atoms. The fourth-order valence-corrected chi connectivity index (χ4v) is 3.73. The van der Waals surface area contributed by atoms with Gasteiger partial charge in [0, 0.05) is 11.4 Å². The molecule has 0 atom stereocenters. The zero-order chi connectivity index (χ0) is 26.7. The number of ether oxygens (including phenoxy) is 2. The smallest absolute Gasteiger partial charge is 0.202 e. The molecule has 0 fully saturated rings. The lowest BCUT2D eigenvalue weighted by molar-refractivity contribution is 0.235. The molecular weight excluding hydrogens is 468 g/mol. The third kappa shape index (κ3) is 7.20. The van der Waals surface area contributed by atoms with E-state index in [4.69, 9.17) is 21.7 Å². The molecule has 190 valence electrons. The van der Waals surface area contributed by atoms with Crippen LogP contribution in [-0.4, -0.2) is 16.9 Å². The van der Waals surface area contributed by atoms with E-state index in [0.717, 1.165) is 39.4 Å². The molecule has 0 bridgehead atoms. The number of para-hydroxylation sites is 1. The van der Waals surface area contributed by atoms with Crippen molar-refractivity contribution in [3.8, 4) is 17.2 Å². The van der Waals surface area contributed by atoms with Crippen LogP contribution in [0.25, 0.3) is 6.08 Å². The summed E-state index contributed by atoms with van der Waals surface area (Å²) >= 11 is 5.38. The van der Waals surface area contributed by atoms with Crippen molar-refractivity contribution in [3.05, 3.63) is 101 Å². The van der Waals surface area contributed by atoms with Crippen LogP contribution in [0.3, 0.4) is 0 Å². The molecule has 5 nitrogen and oxygen atoms in total. The van der Waals surface area contributed by atoms with Crippen LogP contribution in [-0.2, 0) is 0 Å². The van der Waals surface area contributed by atoms with E-state index >= 15 is 0 Å². The second-order valence-corrected chi connectivity index (χ2v) is 8.16. The van der Waals surface area contributed by atoms with Gasteiger partial charge in [-0.05, 0) is 111 Å². The van der Waals surface area contributed by atoms with Gasteiger partial charge >= 0.3 is 0 Å². The number of benzene rings is 3. The van der Waals surface area contributed by atoms with Crippen molar-refractivity contribution in [2.24, 2.45) is 0 Å². The van der Waals surface area contributed by atoms with E-state index in [2.05, 4.69) is 32.0 Å². The molecule has 0 saturated carbocycles. The second-order valence-electron chi connectivity index (χ2n) is 7.77. The number of hydrogen-bond donors (Lipinski definition) is 2. The number of thiocarbonyl (C=S) groups is 1. The predicted octanol–water partition coefficient (Wildman–Crippen LogP) is 8.21. The molecular formula is C30H36N2O3S. The van der Waals surface area contributed by atoms with Gasteiger partial charge in [0.1, 0.15) is 17.2 Å². The lowest BCUT2D eigenvalue weighted by Crippen LogP contribution is -2.37.